The average molecular weight is 248 g/mol. The fourth-order valence-electron chi connectivity index (χ4n) is 2.54. The number of hydrogen-bond acceptors (Lipinski definition) is 2. The summed E-state index contributed by atoms with van der Waals surface area (Å²) in [5, 5.41) is 2.92. The van der Waals surface area contributed by atoms with E-state index in [9.17, 15) is 9.59 Å². The zero-order valence-electron chi connectivity index (χ0n) is 11.1. The van der Waals surface area contributed by atoms with Crippen LogP contribution in [0.15, 0.2) is 0 Å². The summed E-state index contributed by atoms with van der Waals surface area (Å²) < 4.78 is 0. The molecule has 0 spiro atoms. The van der Waals surface area contributed by atoms with Crippen LogP contribution in [0.5, 0.6) is 0 Å². The minimum atomic E-state index is -0.687. The van der Waals surface area contributed by atoms with Gasteiger partial charge in [-0.3, -0.25) is 9.59 Å². The van der Waals surface area contributed by atoms with Crippen LogP contribution in [0, 0.1) is 17.8 Å². The summed E-state index contributed by atoms with van der Waals surface area (Å²) in [6, 6.07) is 0. The molecule has 0 bridgehead atoms. The summed E-state index contributed by atoms with van der Waals surface area (Å²) in [5.41, 5.74) is -0.687. The van der Waals surface area contributed by atoms with Gasteiger partial charge in [0.25, 0.3) is 0 Å². The van der Waals surface area contributed by atoms with E-state index >= 15 is 0 Å². The number of rotatable bonds is 3. The molecule has 18 heavy (non-hydrogen) atoms. The molecule has 1 saturated carbocycles. The number of hydrogen-bond donors (Lipinski definition) is 1. The highest BCUT2D eigenvalue weighted by molar-refractivity contribution is 5.93. The lowest BCUT2D eigenvalue weighted by atomic mass is 9.94. The third kappa shape index (κ3) is 2.50. The van der Waals surface area contributed by atoms with Crippen LogP contribution in [-0.2, 0) is 9.59 Å². The SMILES string of the molecule is CC#CCCN1CCC(=O)NC(C)(C2CC2)C1=O. The molecule has 1 aliphatic carbocycles. The summed E-state index contributed by atoms with van der Waals surface area (Å²) in [5.74, 6) is 6.17. The molecule has 4 nitrogen and oxygen atoms in total. The van der Waals surface area contributed by atoms with Crippen LogP contribution in [0.2, 0.25) is 0 Å². The lowest BCUT2D eigenvalue weighted by molar-refractivity contribution is -0.139. The molecule has 0 radical (unpaired) electrons. The first kappa shape index (κ1) is 12.9. The lowest BCUT2D eigenvalue weighted by Crippen LogP contribution is -2.56. The number of carbonyl (C=O) groups excluding carboxylic acids is 2. The maximum atomic E-state index is 12.6. The second-order valence-corrected chi connectivity index (χ2v) is 5.24. The van der Waals surface area contributed by atoms with E-state index in [1.807, 2.05) is 6.92 Å². The van der Waals surface area contributed by atoms with Crippen molar-refractivity contribution in [3.05, 3.63) is 0 Å². The summed E-state index contributed by atoms with van der Waals surface area (Å²) in [6.45, 7) is 4.80. The van der Waals surface area contributed by atoms with Gasteiger partial charge in [-0.15, -0.1) is 11.8 Å². The molecule has 0 aromatic carbocycles. The first-order valence-corrected chi connectivity index (χ1v) is 6.58. The van der Waals surface area contributed by atoms with Crippen LogP contribution < -0.4 is 5.32 Å². The Labute approximate surface area is 108 Å². The zero-order chi connectivity index (χ0) is 13.2. The van der Waals surface area contributed by atoms with Crippen molar-refractivity contribution in [1.82, 2.24) is 10.2 Å². The van der Waals surface area contributed by atoms with Gasteiger partial charge in [0.05, 0.1) is 0 Å². The Morgan fingerprint density at radius 2 is 2.17 bits per heavy atom. The van der Waals surface area contributed by atoms with Crippen molar-refractivity contribution in [3.8, 4) is 11.8 Å². The van der Waals surface area contributed by atoms with E-state index in [2.05, 4.69) is 17.2 Å². The fraction of sp³-hybridized carbons (Fsp3) is 0.714. The van der Waals surface area contributed by atoms with E-state index in [0.717, 1.165) is 12.8 Å². The first-order valence-electron chi connectivity index (χ1n) is 6.58. The van der Waals surface area contributed by atoms with Crippen LogP contribution >= 0.6 is 0 Å². The second-order valence-electron chi connectivity index (χ2n) is 5.24. The van der Waals surface area contributed by atoms with E-state index in [1.54, 1.807) is 11.8 Å². The molecule has 4 heteroatoms. The molecule has 98 valence electrons. The van der Waals surface area contributed by atoms with Crippen molar-refractivity contribution < 1.29 is 9.59 Å². The number of nitrogens with zero attached hydrogens (tertiary/aromatic N) is 1. The maximum absolute atomic E-state index is 12.6. The molecule has 1 unspecified atom stereocenters. The van der Waals surface area contributed by atoms with E-state index in [1.165, 1.54) is 0 Å². The zero-order valence-corrected chi connectivity index (χ0v) is 11.1. The molecule has 2 rings (SSSR count). The molecular formula is C14H20N2O2. The quantitative estimate of drug-likeness (QED) is 0.755. The molecule has 1 atom stereocenters. The topological polar surface area (TPSA) is 49.4 Å². The third-order valence-corrected chi connectivity index (χ3v) is 3.82. The van der Waals surface area contributed by atoms with Crippen LogP contribution in [-0.4, -0.2) is 35.3 Å². The Morgan fingerprint density at radius 3 is 2.78 bits per heavy atom. The van der Waals surface area contributed by atoms with Gasteiger partial charge in [0.15, 0.2) is 0 Å². The molecular weight excluding hydrogens is 228 g/mol. The highest BCUT2D eigenvalue weighted by atomic mass is 16.2. The molecule has 1 N–H and O–H groups in total. The van der Waals surface area contributed by atoms with Gasteiger partial charge in [0.2, 0.25) is 11.8 Å². The fourth-order valence-corrected chi connectivity index (χ4v) is 2.54. The van der Waals surface area contributed by atoms with Gasteiger partial charge in [-0.25, -0.2) is 0 Å². The van der Waals surface area contributed by atoms with Gasteiger partial charge >= 0.3 is 0 Å². The van der Waals surface area contributed by atoms with Crippen LogP contribution in [0.3, 0.4) is 0 Å². The van der Waals surface area contributed by atoms with Crippen molar-refractivity contribution >= 4 is 11.8 Å². The average Bonchev–Trinajstić information content (AvgIpc) is 3.16. The minimum Gasteiger partial charge on any atom is -0.342 e. The predicted octanol–water partition coefficient (Wildman–Crippen LogP) is 0.917. The lowest BCUT2D eigenvalue weighted by Gasteiger charge is -2.32. The Kier molecular flexibility index (Phi) is 3.60. The Hall–Kier alpha value is -1.50. The van der Waals surface area contributed by atoms with Crippen LogP contribution in [0.1, 0.15) is 39.5 Å². The molecule has 0 aromatic heterocycles. The number of amides is 2. The van der Waals surface area contributed by atoms with E-state index in [4.69, 9.17) is 0 Å². The molecule has 1 heterocycles. The van der Waals surface area contributed by atoms with E-state index in [0.29, 0.717) is 31.8 Å². The Morgan fingerprint density at radius 1 is 1.44 bits per heavy atom. The monoisotopic (exact) mass is 248 g/mol. The van der Waals surface area contributed by atoms with Gasteiger partial charge in [-0.05, 0) is 32.6 Å². The van der Waals surface area contributed by atoms with Crippen molar-refractivity contribution in [1.29, 1.82) is 0 Å². The van der Waals surface area contributed by atoms with Crippen molar-refractivity contribution in [3.63, 3.8) is 0 Å². The molecule has 1 aliphatic heterocycles. The normalized spacial score (nSPS) is 28.2. The van der Waals surface area contributed by atoms with Gasteiger partial charge in [0, 0.05) is 25.9 Å². The number of carbonyl (C=O) groups is 2. The largest absolute Gasteiger partial charge is 0.342 e. The van der Waals surface area contributed by atoms with Crippen molar-refractivity contribution in [2.24, 2.45) is 5.92 Å². The van der Waals surface area contributed by atoms with E-state index < -0.39 is 5.54 Å². The summed E-state index contributed by atoms with van der Waals surface area (Å²) >= 11 is 0. The summed E-state index contributed by atoms with van der Waals surface area (Å²) in [6.07, 6.45) is 3.14. The molecule has 2 amide bonds. The third-order valence-electron chi connectivity index (χ3n) is 3.82. The summed E-state index contributed by atoms with van der Waals surface area (Å²) in [4.78, 5) is 26.1. The molecule has 2 fully saturated rings. The van der Waals surface area contributed by atoms with Gasteiger partial charge in [0.1, 0.15) is 5.54 Å². The van der Waals surface area contributed by atoms with Crippen molar-refractivity contribution in [2.45, 2.75) is 45.1 Å². The molecule has 2 aliphatic rings. The van der Waals surface area contributed by atoms with Crippen molar-refractivity contribution in [2.75, 3.05) is 13.1 Å². The Balaban J connectivity index is 2.12. The van der Waals surface area contributed by atoms with E-state index in [-0.39, 0.29) is 11.8 Å². The predicted molar refractivity (Wildman–Crippen MR) is 68.5 cm³/mol. The van der Waals surface area contributed by atoms with Crippen LogP contribution in [0.25, 0.3) is 0 Å². The van der Waals surface area contributed by atoms with Gasteiger partial charge in [-0.2, -0.15) is 0 Å². The van der Waals surface area contributed by atoms with Gasteiger partial charge in [-0.1, -0.05) is 0 Å². The first-order chi connectivity index (χ1) is 8.58. The maximum Gasteiger partial charge on any atom is 0.248 e. The highest BCUT2D eigenvalue weighted by Crippen LogP contribution is 2.41. The smallest absolute Gasteiger partial charge is 0.248 e. The van der Waals surface area contributed by atoms with Gasteiger partial charge < -0.3 is 10.2 Å². The molecule has 1 saturated heterocycles. The second kappa shape index (κ2) is 5.01. The highest BCUT2D eigenvalue weighted by Gasteiger charge is 2.50. The standard InChI is InChI=1S/C14H20N2O2/c1-3-4-5-9-16-10-8-12(17)15-14(2,13(16)18)11-6-7-11/h11H,5-10H2,1-2H3,(H,15,17). The van der Waals surface area contributed by atoms with Crippen LogP contribution in [0.4, 0.5) is 0 Å². The Bertz CT molecular complexity index is 417. The number of nitrogens with one attached hydrogen (secondary N) is 1. The minimum absolute atomic E-state index is 0.0122. The summed E-state index contributed by atoms with van der Waals surface area (Å²) in [7, 11) is 0. The molecule has 0 aromatic rings.